The van der Waals surface area contributed by atoms with E-state index in [2.05, 4.69) is 46.1 Å². The van der Waals surface area contributed by atoms with Crippen molar-refractivity contribution in [2.45, 2.75) is 44.7 Å². The Balaban J connectivity index is 1.32. The molecule has 1 amide bonds. The van der Waals surface area contributed by atoms with Gasteiger partial charge >= 0.3 is 0 Å². The lowest BCUT2D eigenvalue weighted by Gasteiger charge is -2.27. The number of nitrogens with zero attached hydrogens (tertiary/aromatic N) is 4. The van der Waals surface area contributed by atoms with Gasteiger partial charge in [-0.05, 0) is 43.4 Å². The van der Waals surface area contributed by atoms with Gasteiger partial charge in [0.15, 0.2) is 0 Å². The Morgan fingerprint density at radius 2 is 1.88 bits per heavy atom. The topological polar surface area (TPSA) is 41.4 Å². The molecule has 4 rings (SSSR count). The smallest absolute Gasteiger partial charge is 0.224 e. The van der Waals surface area contributed by atoms with Crippen LogP contribution in [-0.2, 0) is 17.6 Å². The van der Waals surface area contributed by atoms with Crippen molar-refractivity contribution in [3.05, 3.63) is 53.9 Å². The number of hydrogen-bond acceptors (Lipinski definition) is 3. The number of carbonyl (C=O) groups excluding carboxylic acids is 1. The SMILES string of the molecule is C[C@H](CC(=O)N1CCCN(C2Cc3ccccc3C2)CC1)n1cccn1. The molecule has 2 aliphatic rings. The van der Waals surface area contributed by atoms with Gasteiger partial charge in [0, 0.05) is 51.0 Å². The van der Waals surface area contributed by atoms with Crippen LogP contribution < -0.4 is 0 Å². The van der Waals surface area contributed by atoms with E-state index in [-0.39, 0.29) is 11.9 Å². The molecule has 138 valence electrons. The fourth-order valence-corrected chi connectivity index (χ4v) is 4.36. The predicted molar refractivity (Wildman–Crippen MR) is 102 cm³/mol. The van der Waals surface area contributed by atoms with E-state index in [1.807, 2.05) is 16.9 Å². The van der Waals surface area contributed by atoms with Crippen LogP contribution in [0.25, 0.3) is 0 Å². The molecule has 1 aliphatic carbocycles. The molecule has 2 heterocycles. The van der Waals surface area contributed by atoms with Crippen molar-refractivity contribution >= 4 is 5.91 Å². The zero-order valence-corrected chi connectivity index (χ0v) is 15.6. The fourth-order valence-electron chi connectivity index (χ4n) is 4.36. The lowest BCUT2D eigenvalue weighted by atomic mass is 10.1. The number of aromatic nitrogens is 2. The molecule has 0 bridgehead atoms. The maximum atomic E-state index is 12.7. The summed E-state index contributed by atoms with van der Waals surface area (Å²) < 4.78 is 1.87. The summed E-state index contributed by atoms with van der Waals surface area (Å²) in [5.74, 6) is 0.254. The zero-order chi connectivity index (χ0) is 17.9. The maximum absolute atomic E-state index is 12.7. The summed E-state index contributed by atoms with van der Waals surface area (Å²) in [5, 5.41) is 4.25. The molecule has 1 atom stereocenters. The predicted octanol–water partition coefficient (Wildman–Crippen LogP) is 2.54. The van der Waals surface area contributed by atoms with E-state index in [9.17, 15) is 4.79 Å². The summed E-state index contributed by atoms with van der Waals surface area (Å²) in [6.45, 7) is 5.86. The average molecular weight is 352 g/mol. The Hall–Kier alpha value is -2.14. The van der Waals surface area contributed by atoms with Crippen LogP contribution in [0.15, 0.2) is 42.7 Å². The Morgan fingerprint density at radius 1 is 1.12 bits per heavy atom. The number of fused-ring (bicyclic) bond motifs is 1. The molecule has 1 aromatic carbocycles. The standard InChI is InChI=1S/C21H28N4O/c1-17(25-11-4-8-22-25)14-21(26)24-10-5-9-23(12-13-24)20-15-18-6-2-3-7-19(18)16-20/h2-4,6-8,11,17,20H,5,9-10,12-16H2,1H3/t17-/m1/s1. The van der Waals surface area contributed by atoms with Crippen LogP contribution in [0.3, 0.4) is 0 Å². The van der Waals surface area contributed by atoms with Crippen LogP contribution in [0.1, 0.15) is 36.9 Å². The third-order valence-corrected chi connectivity index (χ3v) is 5.88. The van der Waals surface area contributed by atoms with Crippen molar-refractivity contribution in [2.75, 3.05) is 26.2 Å². The molecule has 5 nitrogen and oxygen atoms in total. The minimum Gasteiger partial charge on any atom is -0.341 e. The first-order chi connectivity index (χ1) is 12.7. The summed E-state index contributed by atoms with van der Waals surface area (Å²) in [6.07, 6.45) is 7.59. The van der Waals surface area contributed by atoms with Crippen LogP contribution in [0, 0.1) is 0 Å². The van der Waals surface area contributed by atoms with E-state index in [1.165, 1.54) is 11.1 Å². The highest BCUT2D eigenvalue weighted by Crippen LogP contribution is 2.26. The van der Waals surface area contributed by atoms with Crippen LogP contribution >= 0.6 is 0 Å². The van der Waals surface area contributed by atoms with Gasteiger partial charge in [-0.15, -0.1) is 0 Å². The lowest BCUT2D eigenvalue weighted by molar-refractivity contribution is -0.131. The third kappa shape index (κ3) is 3.68. The first-order valence-electron chi connectivity index (χ1n) is 9.78. The normalized spacial score (nSPS) is 20.0. The monoisotopic (exact) mass is 352 g/mol. The molecule has 1 fully saturated rings. The molecule has 1 aromatic heterocycles. The quantitative estimate of drug-likeness (QED) is 0.849. The van der Waals surface area contributed by atoms with E-state index < -0.39 is 0 Å². The minimum absolute atomic E-state index is 0.112. The molecular formula is C21H28N4O. The highest BCUT2D eigenvalue weighted by Gasteiger charge is 2.29. The summed E-state index contributed by atoms with van der Waals surface area (Å²) in [5.41, 5.74) is 3.01. The van der Waals surface area contributed by atoms with Crippen LogP contribution in [0.5, 0.6) is 0 Å². The second kappa shape index (κ2) is 7.62. The van der Waals surface area contributed by atoms with Crippen molar-refractivity contribution in [3.63, 3.8) is 0 Å². The average Bonchev–Trinajstić information content (AvgIpc) is 3.26. The molecule has 0 spiro atoms. The zero-order valence-electron chi connectivity index (χ0n) is 15.6. The van der Waals surface area contributed by atoms with Crippen LogP contribution in [0.4, 0.5) is 0 Å². The Bertz CT molecular complexity index is 717. The molecule has 1 saturated heterocycles. The molecule has 0 N–H and O–H groups in total. The summed E-state index contributed by atoms with van der Waals surface area (Å²) in [7, 11) is 0. The first-order valence-corrected chi connectivity index (χ1v) is 9.78. The fraction of sp³-hybridized carbons (Fsp3) is 0.524. The highest BCUT2D eigenvalue weighted by molar-refractivity contribution is 5.76. The third-order valence-electron chi connectivity index (χ3n) is 5.88. The molecule has 5 heteroatoms. The molecule has 0 unspecified atom stereocenters. The molecule has 1 aliphatic heterocycles. The van der Waals surface area contributed by atoms with Gasteiger partial charge < -0.3 is 4.90 Å². The largest absolute Gasteiger partial charge is 0.341 e. The maximum Gasteiger partial charge on any atom is 0.224 e. The first kappa shape index (κ1) is 17.3. The molecule has 26 heavy (non-hydrogen) atoms. The summed E-state index contributed by atoms with van der Waals surface area (Å²) in [4.78, 5) is 17.4. The van der Waals surface area contributed by atoms with E-state index in [0.717, 1.165) is 45.4 Å². The second-order valence-corrected chi connectivity index (χ2v) is 7.64. The van der Waals surface area contributed by atoms with Gasteiger partial charge in [-0.1, -0.05) is 24.3 Å². The van der Waals surface area contributed by atoms with Crippen LogP contribution in [0.2, 0.25) is 0 Å². The molecule has 0 saturated carbocycles. The van der Waals surface area contributed by atoms with Gasteiger partial charge in [-0.2, -0.15) is 5.10 Å². The number of carbonyl (C=O) groups is 1. The van der Waals surface area contributed by atoms with E-state index >= 15 is 0 Å². The van der Waals surface area contributed by atoms with Gasteiger partial charge in [0.1, 0.15) is 0 Å². The number of hydrogen-bond donors (Lipinski definition) is 0. The van der Waals surface area contributed by atoms with Crippen molar-refractivity contribution in [2.24, 2.45) is 0 Å². The Labute approximate surface area is 155 Å². The van der Waals surface area contributed by atoms with Crippen molar-refractivity contribution in [1.82, 2.24) is 19.6 Å². The van der Waals surface area contributed by atoms with Gasteiger partial charge in [-0.3, -0.25) is 14.4 Å². The molecule has 2 aromatic rings. The van der Waals surface area contributed by atoms with Gasteiger partial charge in [0.2, 0.25) is 5.91 Å². The lowest BCUT2D eigenvalue weighted by Crippen LogP contribution is -2.40. The highest BCUT2D eigenvalue weighted by atomic mass is 16.2. The summed E-state index contributed by atoms with van der Waals surface area (Å²) >= 11 is 0. The van der Waals surface area contributed by atoms with E-state index in [4.69, 9.17) is 0 Å². The van der Waals surface area contributed by atoms with Gasteiger partial charge in [-0.25, -0.2) is 0 Å². The second-order valence-electron chi connectivity index (χ2n) is 7.64. The summed E-state index contributed by atoms with van der Waals surface area (Å²) in [6, 6.07) is 11.4. The minimum atomic E-state index is 0.112. The van der Waals surface area contributed by atoms with Gasteiger partial charge in [0.25, 0.3) is 0 Å². The van der Waals surface area contributed by atoms with Crippen molar-refractivity contribution in [3.8, 4) is 0 Å². The number of amides is 1. The van der Waals surface area contributed by atoms with Gasteiger partial charge in [0.05, 0.1) is 6.04 Å². The molecular weight excluding hydrogens is 324 g/mol. The van der Waals surface area contributed by atoms with E-state index in [1.54, 1.807) is 6.20 Å². The van der Waals surface area contributed by atoms with E-state index in [0.29, 0.717) is 12.5 Å². The van der Waals surface area contributed by atoms with Crippen molar-refractivity contribution in [1.29, 1.82) is 0 Å². The number of rotatable bonds is 4. The Morgan fingerprint density at radius 3 is 2.58 bits per heavy atom. The molecule has 0 radical (unpaired) electrons. The van der Waals surface area contributed by atoms with Crippen LogP contribution in [-0.4, -0.2) is 57.7 Å². The number of benzene rings is 1. The Kier molecular flexibility index (Phi) is 5.07. The van der Waals surface area contributed by atoms with Crippen molar-refractivity contribution < 1.29 is 4.79 Å².